The summed E-state index contributed by atoms with van der Waals surface area (Å²) in [6, 6.07) is 19.0. The summed E-state index contributed by atoms with van der Waals surface area (Å²) in [6.07, 6.45) is 0. The number of rotatable bonds is 9. The van der Waals surface area contributed by atoms with Crippen LogP contribution in [0.5, 0.6) is 0 Å². The number of carbonyl (C=O) groups excluding carboxylic acids is 2. The molecular weight excluding hydrogens is 342 g/mol. The second-order valence-electron chi connectivity index (χ2n) is 6.38. The molecule has 0 aliphatic heterocycles. The average Bonchev–Trinajstić information content (AvgIpc) is 2.69. The molecule has 2 unspecified atom stereocenters. The summed E-state index contributed by atoms with van der Waals surface area (Å²) < 4.78 is 10.2. The minimum absolute atomic E-state index is 0.258. The summed E-state index contributed by atoms with van der Waals surface area (Å²) in [6.45, 7) is 4.75. The van der Waals surface area contributed by atoms with Crippen molar-refractivity contribution in [3.05, 3.63) is 71.8 Å². The van der Waals surface area contributed by atoms with E-state index in [0.717, 1.165) is 11.1 Å². The number of nitrogens with zero attached hydrogens (tertiary/aromatic N) is 1. The Bertz CT molecular complexity index is 676. The number of esters is 2. The van der Waals surface area contributed by atoms with Crippen LogP contribution in [0.15, 0.2) is 60.7 Å². The van der Waals surface area contributed by atoms with Gasteiger partial charge in [-0.25, -0.2) is 0 Å². The van der Waals surface area contributed by atoms with Gasteiger partial charge in [0.1, 0.15) is 6.04 Å². The average molecular weight is 369 g/mol. The first-order chi connectivity index (χ1) is 13.1. The number of benzene rings is 2. The standard InChI is InChI=1S/C22H27NO4/c1-4-27-22(25)20(17(2)21(24)26-3)23(15-18-11-7-5-8-12-18)16-19-13-9-6-10-14-19/h5-14,17,20H,4,15-16H2,1-3H3. The Morgan fingerprint density at radius 1 is 0.889 bits per heavy atom. The van der Waals surface area contributed by atoms with Crippen LogP contribution in [0.1, 0.15) is 25.0 Å². The van der Waals surface area contributed by atoms with Crippen LogP contribution in [0.25, 0.3) is 0 Å². The number of ether oxygens (including phenoxy) is 2. The molecule has 0 heterocycles. The third-order valence-electron chi connectivity index (χ3n) is 4.43. The first kappa shape index (κ1) is 20.6. The minimum Gasteiger partial charge on any atom is -0.469 e. The van der Waals surface area contributed by atoms with Crippen molar-refractivity contribution in [2.75, 3.05) is 13.7 Å². The van der Waals surface area contributed by atoms with Crippen molar-refractivity contribution >= 4 is 11.9 Å². The zero-order valence-electron chi connectivity index (χ0n) is 16.1. The van der Waals surface area contributed by atoms with Crippen LogP contribution in [-0.4, -0.2) is 36.6 Å². The van der Waals surface area contributed by atoms with Gasteiger partial charge in [0.15, 0.2) is 0 Å². The van der Waals surface area contributed by atoms with Crippen molar-refractivity contribution in [1.29, 1.82) is 0 Å². The highest BCUT2D eigenvalue weighted by Gasteiger charge is 2.37. The van der Waals surface area contributed by atoms with E-state index in [1.807, 2.05) is 65.6 Å². The van der Waals surface area contributed by atoms with Crippen molar-refractivity contribution in [3.8, 4) is 0 Å². The summed E-state index contributed by atoms with van der Waals surface area (Å²) in [5.74, 6) is -1.50. The predicted molar refractivity (Wildman–Crippen MR) is 104 cm³/mol. The lowest BCUT2D eigenvalue weighted by Crippen LogP contribution is -2.48. The molecule has 0 N–H and O–H groups in total. The molecule has 2 rings (SSSR count). The molecule has 0 fully saturated rings. The number of hydrogen-bond donors (Lipinski definition) is 0. The van der Waals surface area contributed by atoms with Crippen LogP contribution in [0, 0.1) is 5.92 Å². The molecule has 0 aromatic heterocycles. The van der Waals surface area contributed by atoms with E-state index in [9.17, 15) is 9.59 Å². The van der Waals surface area contributed by atoms with Crippen molar-refractivity contribution < 1.29 is 19.1 Å². The number of carbonyl (C=O) groups is 2. The molecule has 2 aromatic rings. The fourth-order valence-corrected chi connectivity index (χ4v) is 3.10. The first-order valence-electron chi connectivity index (χ1n) is 9.13. The third-order valence-corrected chi connectivity index (χ3v) is 4.43. The summed E-state index contributed by atoms with van der Waals surface area (Å²) in [5.41, 5.74) is 2.11. The molecule has 144 valence electrons. The van der Waals surface area contributed by atoms with E-state index in [4.69, 9.17) is 9.47 Å². The highest BCUT2D eigenvalue weighted by Crippen LogP contribution is 2.21. The van der Waals surface area contributed by atoms with Gasteiger partial charge in [0, 0.05) is 13.1 Å². The lowest BCUT2D eigenvalue weighted by molar-refractivity contribution is -0.160. The molecule has 0 amide bonds. The van der Waals surface area contributed by atoms with E-state index in [2.05, 4.69) is 0 Å². The van der Waals surface area contributed by atoms with Crippen molar-refractivity contribution in [3.63, 3.8) is 0 Å². The monoisotopic (exact) mass is 369 g/mol. The molecule has 0 aliphatic carbocycles. The Balaban J connectivity index is 2.37. The van der Waals surface area contributed by atoms with E-state index < -0.39 is 23.9 Å². The van der Waals surface area contributed by atoms with Crippen LogP contribution < -0.4 is 0 Å². The van der Waals surface area contributed by atoms with Gasteiger partial charge < -0.3 is 9.47 Å². The molecule has 0 spiro atoms. The first-order valence-corrected chi connectivity index (χ1v) is 9.13. The molecule has 5 nitrogen and oxygen atoms in total. The molecule has 0 saturated carbocycles. The molecule has 0 bridgehead atoms. The van der Waals surface area contributed by atoms with Gasteiger partial charge in [0.25, 0.3) is 0 Å². The van der Waals surface area contributed by atoms with Gasteiger partial charge in [0.05, 0.1) is 19.6 Å². The molecular formula is C22H27NO4. The van der Waals surface area contributed by atoms with Crippen molar-refractivity contribution in [1.82, 2.24) is 4.90 Å². The predicted octanol–water partition coefficient (Wildman–Crippen LogP) is 3.43. The van der Waals surface area contributed by atoms with Crippen molar-refractivity contribution in [2.45, 2.75) is 33.0 Å². The van der Waals surface area contributed by atoms with E-state index in [0.29, 0.717) is 13.1 Å². The largest absolute Gasteiger partial charge is 0.469 e. The molecule has 0 aliphatic rings. The Kier molecular flexibility index (Phi) is 8.01. The van der Waals surface area contributed by atoms with Gasteiger partial charge in [-0.05, 0) is 25.0 Å². The number of hydrogen-bond acceptors (Lipinski definition) is 5. The zero-order chi connectivity index (χ0) is 19.6. The Labute approximate surface area is 160 Å². The lowest BCUT2D eigenvalue weighted by atomic mass is 9.98. The maximum absolute atomic E-state index is 12.8. The quantitative estimate of drug-likeness (QED) is 0.634. The fourth-order valence-electron chi connectivity index (χ4n) is 3.10. The Hall–Kier alpha value is -2.66. The van der Waals surface area contributed by atoms with E-state index in [-0.39, 0.29) is 6.61 Å². The van der Waals surface area contributed by atoms with Crippen LogP contribution >= 0.6 is 0 Å². The third kappa shape index (κ3) is 5.93. The lowest BCUT2D eigenvalue weighted by Gasteiger charge is -2.33. The second-order valence-corrected chi connectivity index (χ2v) is 6.38. The van der Waals surface area contributed by atoms with Gasteiger partial charge in [0.2, 0.25) is 0 Å². The van der Waals surface area contributed by atoms with Crippen LogP contribution in [-0.2, 0) is 32.2 Å². The fraction of sp³-hybridized carbons (Fsp3) is 0.364. The minimum atomic E-state index is -0.738. The summed E-state index contributed by atoms with van der Waals surface area (Å²) >= 11 is 0. The molecule has 27 heavy (non-hydrogen) atoms. The van der Waals surface area contributed by atoms with Gasteiger partial charge in [-0.3, -0.25) is 14.5 Å². The molecule has 0 saturated heterocycles. The summed E-state index contributed by atoms with van der Waals surface area (Å²) in [4.78, 5) is 26.9. The Morgan fingerprint density at radius 2 is 1.37 bits per heavy atom. The van der Waals surface area contributed by atoms with E-state index >= 15 is 0 Å². The second kappa shape index (κ2) is 10.5. The highest BCUT2D eigenvalue weighted by atomic mass is 16.5. The smallest absolute Gasteiger partial charge is 0.324 e. The normalized spacial score (nSPS) is 13.0. The number of methoxy groups -OCH3 is 1. The molecule has 0 radical (unpaired) electrons. The van der Waals surface area contributed by atoms with E-state index in [1.54, 1.807) is 13.8 Å². The van der Waals surface area contributed by atoms with Crippen molar-refractivity contribution in [2.24, 2.45) is 5.92 Å². The van der Waals surface area contributed by atoms with Crippen LogP contribution in [0.4, 0.5) is 0 Å². The molecule has 5 heteroatoms. The van der Waals surface area contributed by atoms with Crippen LogP contribution in [0.2, 0.25) is 0 Å². The Morgan fingerprint density at radius 3 is 1.78 bits per heavy atom. The summed E-state index contributed by atoms with van der Waals surface area (Å²) in [7, 11) is 1.33. The molecule has 2 atom stereocenters. The maximum atomic E-state index is 12.8. The van der Waals surface area contributed by atoms with Gasteiger partial charge in [-0.2, -0.15) is 0 Å². The van der Waals surface area contributed by atoms with Crippen LogP contribution in [0.3, 0.4) is 0 Å². The SMILES string of the molecule is CCOC(=O)C(C(C)C(=O)OC)N(Cc1ccccc1)Cc1ccccc1. The van der Waals surface area contributed by atoms with Gasteiger partial charge in [-0.1, -0.05) is 60.7 Å². The summed E-state index contributed by atoms with van der Waals surface area (Å²) in [5, 5.41) is 0. The van der Waals surface area contributed by atoms with Gasteiger partial charge >= 0.3 is 11.9 Å². The van der Waals surface area contributed by atoms with Gasteiger partial charge in [-0.15, -0.1) is 0 Å². The van der Waals surface area contributed by atoms with E-state index in [1.165, 1.54) is 7.11 Å². The topological polar surface area (TPSA) is 55.8 Å². The maximum Gasteiger partial charge on any atom is 0.324 e. The molecule has 2 aromatic carbocycles. The highest BCUT2D eigenvalue weighted by molar-refractivity contribution is 5.84. The zero-order valence-corrected chi connectivity index (χ0v) is 16.1.